The summed E-state index contributed by atoms with van der Waals surface area (Å²) in [5.41, 5.74) is 1.94. The van der Waals surface area contributed by atoms with Crippen LogP contribution in [0.25, 0.3) is 5.52 Å². The minimum atomic E-state index is -0.135. The van der Waals surface area contributed by atoms with E-state index in [1.54, 1.807) is 30.1 Å². The predicted molar refractivity (Wildman–Crippen MR) is 112 cm³/mol. The first-order valence-electron chi connectivity index (χ1n) is 9.69. The number of methoxy groups -OCH3 is 1. The number of aromatic nitrogens is 2. The topological polar surface area (TPSA) is 56.1 Å². The second-order valence-corrected chi connectivity index (χ2v) is 7.90. The van der Waals surface area contributed by atoms with Gasteiger partial charge in [0, 0.05) is 31.1 Å². The second-order valence-electron chi connectivity index (χ2n) is 7.47. The molecule has 0 saturated carbocycles. The Kier molecular flexibility index (Phi) is 5.37. The van der Waals surface area contributed by atoms with Crippen LogP contribution in [-0.4, -0.2) is 40.2 Å². The maximum Gasteiger partial charge on any atom is 0.223 e. The molecule has 7 heteroatoms. The molecule has 152 valence electrons. The summed E-state index contributed by atoms with van der Waals surface area (Å²) in [4.78, 5) is 14.6. The number of ether oxygens (including phenoxy) is 2. The monoisotopic (exact) mass is 413 g/mol. The number of hydrogen-bond donors (Lipinski definition) is 0. The molecule has 1 fully saturated rings. The Balaban J connectivity index is 1.47. The molecule has 1 aromatic carbocycles. The van der Waals surface area contributed by atoms with Crippen molar-refractivity contribution in [2.75, 3.05) is 13.7 Å². The zero-order valence-corrected chi connectivity index (χ0v) is 17.5. The van der Waals surface area contributed by atoms with Crippen molar-refractivity contribution >= 4 is 23.0 Å². The summed E-state index contributed by atoms with van der Waals surface area (Å²) in [5.74, 6) is 1.73. The van der Waals surface area contributed by atoms with Crippen molar-refractivity contribution in [3.8, 4) is 11.5 Å². The Hall–Kier alpha value is -2.73. The third-order valence-electron chi connectivity index (χ3n) is 5.67. The van der Waals surface area contributed by atoms with Crippen LogP contribution < -0.4 is 9.47 Å². The zero-order valence-electron chi connectivity index (χ0n) is 16.7. The van der Waals surface area contributed by atoms with E-state index in [1.807, 2.05) is 42.2 Å². The third kappa shape index (κ3) is 3.90. The molecule has 0 aliphatic carbocycles. The van der Waals surface area contributed by atoms with Crippen molar-refractivity contribution in [3.05, 3.63) is 59.4 Å². The van der Waals surface area contributed by atoms with Gasteiger partial charge in [0.05, 0.1) is 24.4 Å². The largest absolute Gasteiger partial charge is 0.497 e. The smallest absolute Gasteiger partial charge is 0.223 e. The molecule has 0 spiro atoms. The van der Waals surface area contributed by atoms with Crippen molar-refractivity contribution in [1.29, 1.82) is 0 Å². The summed E-state index contributed by atoms with van der Waals surface area (Å²) >= 11 is 6.19. The van der Waals surface area contributed by atoms with E-state index < -0.39 is 0 Å². The lowest BCUT2D eigenvalue weighted by atomic mass is 10.0. The minimum Gasteiger partial charge on any atom is -0.497 e. The summed E-state index contributed by atoms with van der Waals surface area (Å²) < 4.78 is 13.1. The number of pyridine rings is 1. The van der Waals surface area contributed by atoms with Crippen LogP contribution >= 0.6 is 11.6 Å². The van der Waals surface area contributed by atoms with E-state index in [2.05, 4.69) is 12.0 Å². The highest BCUT2D eigenvalue weighted by atomic mass is 35.5. The van der Waals surface area contributed by atoms with E-state index in [4.69, 9.17) is 21.1 Å². The zero-order chi connectivity index (χ0) is 20.5. The van der Waals surface area contributed by atoms with Crippen LogP contribution in [0.3, 0.4) is 0 Å². The Bertz CT molecular complexity index is 1020. The Morgan fingerprint density at radius 2 is 1.97 bits per heavy atom. The van der Waals surface area contributed by atoms with Crippen molar-refractivity contribution in [2.24, 2.45) is 5.92 Å². The number of carbonyl (C=O) groups is 1. The Labute approximate surface area is 175 Å². The molecule has 6 nitrogen and oxygen atoms in total. The summed E-state index contributed by atoms with van der Waals surface area (Å²) in [6, 6.07) is 11.5. The molecular weight excluding hydrogens is 390 g/mol. The fraction of sp³-hybridized carbons (Fsp3) is 0.364. The molecule has 4 rings (SSSR count). The lowest BCUT2D eigenvalue weighted by Crippen LogP contribution is -2.31. The number of nitrogens with zero attached hydrogens (tertiary/aromatic N) is 3. The molecule has 1 saturated heterocycles. The molecule has 3 heterocycles. The van der Waals surface area contributed by atoms with E-state index in [-0.39, 0.29) is 24.0 Å². The number of fused-ring (bicyclic) bond motifs is 1. The van der Waals surface area contributed by atoms with Crippen LogP contribution in [0.15, 0.2) is 48.8 Å². The van der Waals surface area contributed by atoms with E-state index >= 15 is 0 Å². The van der Waals surface area contributed by atoms with Gasteiger partial charge in [-0.25, -0.2) is 4.52 Å². The SMILES string of the molecule is COc1ccc([C@@H](C)N2CC([C@@H](C)Oc3cc(Cl)cn4nccc34)CC2=O)cc1. The first-order valence-corrected chi connectivity index (χ1v) is 10.1. The summed E-state index contributed by atoms with van der Waals surface area (Å²) in [6.45, 7) is 4.72. The van der Waals surface area contributed by atoms with Crippen molar-refractivity contribution in [3.63, 3.8) is 0 Å². The molecule has 0 bridgehead atoms. The number of likely N-dealkylation sites (tertiary alicyclic amines) is 1. The van der Waals surface area contributed by atoms with Gasteiger partial charge in [-0.05, 0) is 37.6 Å². The number of benzene rings is 1. The number of carbonyl (C=O) groups excluding carboxylic acids is 1. The molecule has 2 aromatic heterocycles. The van der Waals surface area contributed by atoms with Gasteiger partial charge in [0.2, 0.25) is 5.91 Å². The average Bonchev–Trinajstić information content (AvgIpc) is 3.34. The average molecular weight is 414 g/mol. The van der Waals surface area contributed by atoms with Crippen molar-refractivity contribution in [2.45, 2.75) is 32.4 Å². The fourth-order valence-electron chi connectivity index (χ4n) is 3.87. The van der Waals surface area contributed by atoms with E-state index in [0.717, 1.165) is 16.8 Å². The van der Waals surface area contributed by atoms with E-state index in [9.17, 15) is 4.79 Å². The minimum absolute atomic E-state index is 0.00156. The molecule has 0 N–H and O–H groups in total. The quantitative estimate of drug-likeness (QED) is 0.602. The maximum absolute atomic E-state index is 12.7. The normalized spacial score (nSPS) is 18.8. The van der Waals surface area contributed by atoms with Gasteiger partial charge in [0.15, 0.2) is 0 Å². The van der Waals surface area contributed by atoms with Crippen LogP contribution in [-0.2, 0) is 4.79 Å². The highest BCUT2D eigenvalue weighted by Crippen LogP contribution is 2.33. The van der Waals surface area contributed by atoms with Gasteiger partial charge in [-0.15, -0.1) is 0 Å². The van der Waals surface area contributed by atoms with Gasteiger partial charge < -0.3 is 14.4 Å². The van der Waals surface area contributed by atoms with Gasteiger partial charge in [-0.3, -0.25) is 4.79 Å². The lowest BCUT2D eigenvalue weighted by Gasteiger charge is -2.27. The van der Waals surface area contributed by atoms with E-state index in [1.165, 1.54) is 0 Å². The van der Waals surface area contributed by atoms with Crippen LogP contribution in [0.5, 0.6) is 11.5 Å². The van der Waals surface area contributed by atoms with Crippen LogP contribution in [0, 0.1) is 5.92 Å². The van der Waals surface area contributed by atoms with Crippen LogP contribution in [0.4, 0.5) is 0 Å². The highest BCUT2D eigenvalue weighted by Gasteiger charge is 2.37. The molecule has 1 unspecified atom stereocenters. The molecule has 1 aliphatic rings. The van der Waals surface area contributed by atoms with Gasteiger partial charge >= 0.3 is 0 Å². The van der Waals surface area contributed by atoms with Crippen LogP contribution in [0.1, 0.15) is 31.9 Å². The fourth-order valence-corrected chi connectivity index (χ4v) is 4.06. The van der Waals surface area contributed by atoms with Gasteiger partial charge in [0.25, 0.3) is 0 Å². The molecule has 1 amide bonds. The number of rotatable bonds is 6. The standard InChI is InChI=1S/C22H24ClN3O3/c1-14(16-4-6-19(28-3)7-5-16)25-12-17(10-22(25)27)15(2)29-21-11-18(23)13-26-20(21)8-9-24-26/h4-9,11,13-15,17H,10,12H2,1-3H3/t14-,15-,17?/m1/s1. The van der Waals surface area contributed by atoms with E-state index in [0.29, 0.717) is 23.7 Å². The van der Waals surface area contributed by atoms with Crippen molar-refractivity contribution in [1.82, 2.24) is 14.5 Å². The molecule has 0 radical (unpaired) electrons. The Morgan fingerprint density at radius 3 is 2.69 bits per heavy atom. The maximum atomic E-state index is 12.7. The highest BCUT2D eigenvalue weighted by molar-refractivity contribution is 6.30. The van der Waals surface area contributed by atoms with Crippen LogP contribution in [0.2, 0.25) is 5.02 Å². The first-order chi connectivity index (χ1) is 14.0. The second kappa shape index (κ2) is 7.95. The number of amides is 1. The third-order valence-corrected chi connectivity index (χ3v) is 5.87. The lowest BCUT2D eigenvalue weighted by molar-refractivity contribution is -0.129. The van der Waals surface area contributed by atoms with Gasteiger partial charge in [-0.1, -0.05) is 23.7 Å². The molecule has 1 aliphatic heterocycles. The number of hydrogen-bond acceptors (Lipinski definition) is 4. The molecular formula is C22H24ClN3O3. The molecule has 3 aromatic rings. The van der Waals surface area contributed by atoms with Crippen molar-refractivity contribution < 1.29 is 14.3 Å². The molecule has 3 atom stereocenters. The summed E-state index contributed by atoms with van der Waals surface area (Å²) in [5, 5.41) is 4.78. The predicted octanol–water partition coefficient (Wildman–Crippen LogP) is 4.37. The van der Waals surface area contributed by atoms with Gasteiger partial charge in [0.1, 0.15) is 23.1 Å². The summed E-state index contributed by atoms with van der Waals surface area (Å²) in [6.07, 6.45) is 3.79. The number of halogens is 1. The Morgan fingerprint density at radius 1 is 1.21 bits per heavy atom. The summed E-state index contributed by atoms with van der Waals surface area (Å²) in [7, 11) is 1.64. The first kappa shape index (κ1) is 19.6. The molecule has 29 heavy (non-hydrogen) atoms. The van der Waals surface area contributed by atoms with Gasteiger partial charge in [-0.2, -0.15) is 5.10 Å².